The minimum Gasteiger partial charge on any atom is -0.299 e. The number of allylic oxidation sites excluding steroid dienone is 1. The molecule has 0 aromatic carbocycles. The zero-order valence-electron chi connectivity index (χ0n) is 12.4. The molecule has 4 aliphatic rings. The molecule has 0 radical (unpaired) electrons. The highest BCUT2D eigenvalue weighted by molar-refractivity contribution is 5.91. The Hall–Kier alpha value is -0.920. The number of carbonyl (C=O) groups is 2. The van der Waals surface area contributed by atoms with Gasteiger partial charge < -0.3 is 0 Å². The second-order valence-corrected chi connectivity index (χ2v) is 7.72. The number of ketones is 2. The fourth-order valence-corrected chi connectivity index (χ4v) is 5.95. The van der Waals surface area contributed by atoms with E-state index in [4.69, 9.17) is 0 Å². The summed E-state index contributed by atoms with van der Waals surface area (Å²) in [4.78, 5) is 23.9. The minimum atomic E-state index is -0.00707. The van der Waals surface area contributed by atoms with E-state index in [1.165, 1.54) is 18.4 Å². The van der Waals surface area contributed by atoms with E-state index in [0.717, 1.165) is 50.4 Å². The Morgan fingerprint density at radius 3 is 2.70 bits per heavy atom. The van der Waals surface area contributed by atoms with E-state index in [-0.39, 0.29) is 5.41 Å². The van der Waals surface area contributed by atoms with Gasteiger partial charge in [0.05, 0.1) is 0 Å². The van der Waals surface area contributed by atoms with Crippen molar-refractivity contribution >= 4 is 11.6 Å². The molecule has 0 bridgehead atoms. The van der Waals surface area contributed by atoms with Crippen LogP contribution >= 0.6 is 0 Å². The molecule has 3 saturated carbocycles. The van der Waals surface area contributed by atoms with Crippen LogP contribution in [-0.4, -0.2) is 11.6 Å². The molecule has 5 atom stereocenters. The van der Waals surface area contributed by atoms with Gasteiger partial charge in [0.15, 0.2) is 5.78 Å². The van der Waals surface area contributed by atoms with Gasteiger partial charge in [-0.25, -0.2) is 0 Å². The van der Waals surface area contributed by atoms with Crippen LogP contribution in [0.15, 0.2) is 11.6 Å². The molecule has 0 aromatic heterocycles. The maximum absolute atomic E-state index is 12.3. The zero-order chi connectivity index (χ0) is 13.9. The molecule has 0 N–H and O–H groups in total. The Kier molecular flexibility index (Phi) is 2.74. The van der Waals surface area contributed by atoms with Crippen molar-refractivity contribution in [3.05, 3.63) is 11.6 Å². The predicted octanol–water partition coefficient (Wildman–Crippen LogP) is 3.70. The molecular formula is C18H24O2. The predicted molar refractivity (Wildman–Crippen MR) is 77.1 cm³/mol. The lowest BCUT2D eigenvalue weighted by Gasteiger charge is -2.52. The number of hydrogen-bond acceptors (Lipinski definition) is 2. The summed E-state index contributed by atoms with van der Waals surface area (Å²) in [6.45, 7) is 2.24. The van der Waals surface area contributed by atoms with E-state index in [9.17, 15) is 9.59 Å². The van der Waals surface area contributed by atoms with Crippen molar-refractivity contribution in [3.63, 3.8) is 0 Å². The average molecular weight is 272 g/mol. The molecule has 0 aliphatic heterocycles. The maximum Gasteiger partial charge on any atom is 0.155 e. The molecule has 3 fully saturated rings. The topological polar surface area (TPSA) is 34.1 Å². The second kappa shape index (κ2) is 4.29. The number of fused-ring (bicyclic) bond motifs is 5. The summed E-state index contributed by atoms with van der Waals surface area (Å²) >= 11 is 0. The van der Waals surface area contributed by atoms with Crippen LogP contribution in [0.4, 0.5) is 0 Å². The highest BCUT2D eigenvalue weighted by Gasteiger charge is 2.55. The van der Waals surface area contributed by atoms with Crippen molar-refractivity contribution in [2.75, 3.05) is 0 Å². The molecule has 0 amide bonds. The van der Waals surface area contributed by atoms with Gasteiger partial charge in [-0.3, -0.25) is 9.59 Å². The number of rotatable bonds is 0. The Balaban J connectivity index is 1.65. The maximum atomic E-state index is 12.3. The summed E-state index contributed by atoms with van der Waals surface area (Å²) in [7, 11) is 0. The SMILES string of the molecule is C[C@]12CC[C@@H]3[C@@H](CCC4=CC(=O)CC[C@@H]43)[C@H]1CCC2=O. The van der Waals surface area contributed by atoms with Gasteiger partial charge in [-0.2, -0.15) is 0 Å². The van der Waals surface area contributed by atoms with Crippen LogP contribution in [0.25, 0.3) is 0 Å². The lowest BCUT2D eigenvalue weighted by Crippen LogP contribution is -2.46. The van der Waals surface area contributed by atoms with Gasteiger partial charge in [0.1, 0.15) is 5.78 Å². The smallest absolute Gasteiger partial charge is 0.155 e. The Morgan fingerprint density at radius 1 is 1.00 bits per heavy atom. The molecule has 2 heteroatoms. The Labute approximate surface area is 121 Å². The van der Waals surface area contributed by atoms with Crippen LogP contribution in [-0.2, 0) is 9.59 Å². The van der Waals surface area contributed by atoms with Crippen molar-refractivity contribution in [2.45, 2.75) is 58.3 Å². The van der Waals surface area contributed by atoms with Crippen molar-refractivity contribution in [1.82, 2.24) is 0 Å². The van der Waals surface area contributed by atoms with Gasteiger partial charge in [-0.1, -0.05) is 12.5 Å². The monoisotopic (exact) mass is 272 g/mol. The molecule has 2 nitrogen and oxygen atoms in total. The van der Waals surface area contributed by atoms with Crippen molar-refractivity contribution in [3.8, 4) is 0 Å². The Bertz CT molecular complexity index is 504. The van der Waals surface area contributed by atoms with Gasteiger partial charge in [-0.05, 0) is 68.3 Å². The largest absolute Gasteiger partial charge is 0.299 e. The van der Waals surface area contributed by atoms with E-state index in [0.29, 0.717) is 23.4 Å². The van der Waals surface area contributed by atoms with Gasteiger partial charge in [0, 0.05) is 18.3 Å². The van der Waals surface area contributed by atoms with Crippen molar-refractivity contribution < 1.29 is 9.59 Å². The van der Waals surface area contributed by atoms with E-state index in [1.54, 1.807) is 0 Å². The summed E-state index contributed by atoms with van der Waals surface area (Å²) < 4.78 is 0. The average Bonchev–Trinajstić information content (AvgIpc) is 2.74. The lowest BCUT2D eigenvalue weighted by molar-refractivity contribution is -0.131. The molecule has 0 aromatic rings. The summed E-state index contributed by atoms with van der Waals surface area (Å²) in [6.07, 6.45) is 10.3. The van der Waals surface area contributed by atoms with Crippen LogP contribution < -0.4 is 0 Å². The highest BCUT2D eigenvalue weighted by Crippen LogP contribution is 2.60. The second-order valence-electron chi connectivity index (χ2n) is 7.72. The third-order valence-corrected chi connectivity index (χ3v) is 7.01. The fourth-order valence-electron chi connectivity index (χ4n) is 5.95. The molecule has 0 heterocycles. The van der Waals surface area contributed by atoms with Gasteiger partial charge in [0.2, 0.25) is 0 Å². The molecule has 0 unspecified atom stereocenters. The van der Waals surface area contributed by atoms with E-state index in [2.05, 4.69) is 6.92 Å². The molecular weight excluding hydrogens is 248 g/mol. The highest BCUT2D eigenvalue weighted by atomic mass is 16.1. The standard InChI is InChI=1S/C18H24O2/c1-18-9-8-14-13-5-3-12(19)10-11(13)2-4-15(14)16(18)6-7-17(18)20/h10,13-16H,2-9H2,1H3/t13-,14-,15+,16+,18-/m0/s1. The van der Waals surface area contributed by atoms with Gasteiger partial charge >= 0.3 is 0 Å². The fraction of sp³-hybridized carbons (Fsp3) is 0.778. The summed E-state index contributed by atoms with van der Waals surface area (Å²) in [6, 6.07) is 0. The molecule has 20 heavy (non-hydrogen) atoms. The van der Waals surface area contributed by atoms with Gasteiger partial charge in [0.25, 0.3) is 0 Å². The van der Waals surface area contributed by atoms with Crippen LogP contribution in [0, 0.1) is 29.1 Å². The number of carbonyl (C=O) groups excluding carboxylic acids is 2. The summed E-state index contributed by atoms with van der Waals surface area (Å²) in [5.41, 5.74) is 1.43. The molecule has 4 aliphatic carbocycles. The van der Waals surface area contributed by atoms with Crippen LogP contribution in [0.5, 0.6) is 0 Å². The third-order valence-electron chi connectivity index (χ3n) is 7.01. The van der Waals surface area contributed by atoms with Crippen LogP contribution in [0.3, 0.4) is 0 Å². The van der Waals surface area contributed by atoms with Crippen molar-refractivity contribution in [2.24, 2.45) is 29.1 Å². The zero-order valence-corrected chi connectivity index (χ0v) is 12.4. The molecule has 4 rings (SSSR count). The number of Topliss-reactive ketones (excluding diaryl/α,β-unsaturated/α-hetero) is 1. The quantitative estimate of drug-likeness (QED) is 0.674. The van der Waals surface area contributed by atoms with E-state index >= 15 is 0 Å². The van der Waals surface area contributed by atoms with Crippen LogP contribution in [0.2, 0.25) is 0 Å². The van der Waals surface area contributed by atoms with E-state index in [1.807, 2.05) is 6.08 Å². The first kappa shape index (κ1) is 12.8. The first-order valence-electron chi connectivity index (χ1n) is 8.36. The Morgan fingerprint density at radius 2 is 1.85 bits per heavy atom. The van der Waals surface area contributed by atoms with Gasteiger partial charge in [-0.15, -0.1) is 0 Å². The van der Waals surface area contributed by atoms with Crippen LogP contribution in [0.1, 0.15) is 58.3 Å². The molecule has 0 spiro atoms. The first-order valence-corrected chi connectivity index (χ1v) is 8.36. The first-order chi connectivity index (χ1) is 9.59. The van der Waals surface area contributed by atoms with Crippen molar-refractivity contribution in [1.29, 1.82) is 0 Å². The lowest BCUT2D eigenvalue weighted by atomic mass is 9.52. The normalized spacial score (nSPS) is 47.4. The molecule has 108 valence electrons. The summed E-state index contributed by atoms with van der Waals surface area (Å²) in [5.74, 6) is 3.66. The third kappa shape index (κ3) is 1.63. The summed E-state index contributed by atoms with van der Waals surface area (Å²) in [5, 5.41) is 0. The number of hydrogen-bond donors (Lipinski definition) is 0. The molecule has 0 saturated heterocycles. The minimum absolute atomic E-state index is 0.00707. The van der Waals surface area contributed by atoms with E-state index < -0.39 is 0 Å².